The number of benzene rings is 3. The second-order valence-electron chi connectivity index (χ2n) is 11.2. The maximum atomic E-state index is 13.4. The highest BCUT2D eigenvalue weighted by Crippen LogP contribution is 2.33. The normalized spacial score (nSPS) is 14.3. The Bertz CT molecular complexity index is 1790. The third kappa shape index (κ3) is 6.60. The summed E-state index contributed by atoms with van der Waals surface area (Å²) < 4.78 is 8.26. The van der Waals surface area contributed by atoms with Crippen LogP contribution in [0.15, 0.2) is 72.9 Å². The largest absolute Gasteiger partial charge is 0.437 e. The number of hydrogen-bond acceptors (Lipinski definition) is 6. The predicted molar refractivity (Wildman–Crippen MR) is 172 cm³/mol. The molecule has 6 rings (SSSR count). The Morgan fingerprint density at radius 3 is 2.40 bits per heavy atom. The summed E-state index contributed by atoms with van der Waals surface area (Å²) in [5, 5.41) is 1.15. The van der Waals surface area contributed by atoms with Crippen molar-refractivity contribution in [2.45, 2.75) is 19.9 Å². The van der Waals surface area contributed by atoms with Crippen molar-refractivity contribution in [2.75, 3.05) is 33.2 Å². The highest BCUT2D eigenvalue weighted by atomic mass is 35.5. The van der Waals surface area contributed by atoms with E-state index in [0.29, 0.717) is 38.6 Å². The molecule has 1 fully saturated rings. The van der Waals surface area contributed by atoms with E-state index < -0.39 is 0 Å². The zero-order valence-electron chi connectivity index (χ0n) is 24.5. The number of rotatable bonds is 8. The van der Waals surface area contributed by atoms with Crippen LogP contribution in [0.2, 0.25) is 10.0 Å². The number of piperazine rings is 1. The van der Waals surface area contributed by atoms with Gasteiger partial charge in [-0.05, 0) is 85.3 Å². The molecule has 0 bridgehead atoms. The van der Waals surface area contributed by atoms with E-state index in [2.05, 4.69) is 29.8 Å². The molecule has 0 aliphatic carbocycles. The lowest BCUT2D eigenvalue weighted by molar-refractivity contribution is 0.0993. The first kappa shape index (κ1) is 29.3. The summed E-state index contributed by atoms with van der Waals surface area (Å²) in [6.07, 6.45) is 2.08. The Hall–Kier alpha value is -3.75. The number of halogens is 2. The van der Waals surface area contributed by atoms with Crippen molar-refractivity contribution < 1.29 is 9.53 Å². The topological polar surface area (TPSA) is 63.5 Å². The molecule has 9 heteroatoms. The smallest absolute Gasteiger partial charge is 0.247 e. The number of carbonyl (C=O) groups is 1. The summed E-state index contributed by atoms with van der Waals surface area (Å²) in [5.41, 5.74) is 6.09. The van der Waals surface area contributed by atoms with Crippen LogP contribution in [-0.2, 0) is 20.0 Å². The molecule has 0 radical (unpaired) electrons. The van der Waals surface area contributed by atoms with Crippen LogP contribution in [-0.4, -0.2) is 63.3 Å². The van der Waals surface area contributed by atoms with Gasteiger partial charge in [0.15, 0.2) is 11.6 Å². The van der Waals surface area contributed by atoms with Crippen LogP contribution in [0.5, 0.6) is 11.6 Å². The number of ketones is 1. The SMILES string of the molecule is Cc1cc(C(=O)Cc2cc(Oc3nc(-c4ccc(Cl)cc4)nc4ccn(C)c34)ccc2Cl)ccc1CN1CCN(C)CC1. The minimum atomic E-state index is 0.00480. The number of aryl methyl sites for hydroxylation is 2. The second-order valence-corrected chi connectivity index (χ2v) is 12.0. The van der Waals surface area contributed by atoms with Gasteiger partial charge in [0.25, 0.3) is 0 Å². The molecule has 0 atom stereocenters. The Balaban J connectivity index is 1.22. The number of carbonyl (C=O) groups excluding carboxylic acids is 1. The fourth-order valence-corrected chi connectivity index (χ4v) is 5.70. The molecule has 3 aromatic carbocycles. The van der Waals surface area contributed by atoms with E-state index in [1.807, 2.05) is 54.2 Å². The molecule has 5 aromatic rings. The highest BCUT2D eigenvalue weighted by Gasteiger charge is 2.18. The van der Waals surface area contributed by atoms with Crippen molar-refractivity contribution in [3.05, 3.63) is 105 Å². The van der Waals surface area contributed by atoms with Crippen LogP contribution in [0.3, 0.4) is 0 Å². The lowest BCUT2D eigenvalue weighted by atomic mass is 9.98. The first-order valence-corrected chi connectivity index (χ1v) is 15.1. The molecular weight excluding hydrogens is 581 g/mol. The van der Waals surface area contributed by atoms with E-state index in [9.17, 15) is 4.79 Å². The van der Waals surface area contributed by atoms with Gasteiger partial charge in [0.2, 0.25) is 5.88 Å². The van der Waals surface area contributed by atoms with Crippen LogP contribution in [0.1, 0.15) is 27.0 Å². The number of fused-ring (bicyclic) bond motifs is 1. The van der Waals surface area contributed by atoms with Gasteiger partial charge < -0.3 is 14.2 Å². The van der Waals surface area contributed by atoms with Gasteiger partial charge in [0.05, 0.1) is 5.52 Å². The lowest BCUT2D eigenvalue weighted by Crippen LogP contribution is -2.43. The van der Waals surface area contributed by atoms with Gasteiger partial charge in [-0.1, -0.05) is 35.3 Å². The van der Waals surface area contributed by atoms with E-state index in [-0.39, 0.29) is 12.2 Å². The van der Waals surface area contributed by atoms with E-state index in [4.69, 9.17) is 37.9 Å². The Morgan fingerprint density at radius 1 is 0.884 bits per heavy atom. The van der Waals surface area contributed by atoms with Crippen LogP contribution in [0, 0.1) is 6.92 Å². The summed E-state index contributed by atoms with van der Waals surface area (Å²) in [4.78, 5) is 27.7. The quantitative estimate of drug-likeness (QED) is 0.172. The number of likely N-dealkylation sites (N-methyl/N-ethyl adjacent to an activating group) is 1. The fourth-order valence-electron chi connectivity index (χ4n) is 5.38. The number of Topliss-reactive ketones (excluding diaryl/α,β-unsaturated/α-hetero) is 1. The van der Waals surface area contributed by atoms with Gasteiger partial charge in [-0.15, -0.1) is 0 Å². The maximum absolute atomic E-state index is 13.4. The molecule has 2 aromatic heterocycles. The van der Waals surface area contributed by atoms with Crippen LogP contribution in [0.4, 0.5) is 0 Å². The summed E-state index contributed by atoms with van der Waals surface area (Å²) in [6, 6.07) is 20.7. The summed E-state index contributed by atoms with van der Waals surface area (Å²) in [7, 11) is 4.08. The van der Waals surface area contributed by atoms with Crippen molar-refractivity contribution in [3.63, 3.8) is 0 Å². The van der Waals surface area contributed by atoms with E-state index in [1.54, 1.807) is 24.3 Å². The molecule has 0 spiro atoms. The first-order valence-electron chi connectivity index (χ1n) is 14.3. The fraction of sp³-hybridized carbons (Fsp3) is 0.265. The van der Waals surface area contributed by atoms with Gasteiger partial charge in [-0.25, -0.2) is 4.98 Å². The summed E-state index contributed by atoms with van der Waals surface area (Å²) >= 11 is 12.7. The lowest BCUT2D eigenvalue weighted by Gasteiger charge is -2.32. The maximum Gasteiger partial charge on any atom is 0.247 e. The molecular formula is C34H33Cl2N5O2. The van der Waals surface area contributed by atoms with Crippen LogP contribution >= 0.6 is 23.2 Å². The Kier molecular flexibility index (Phi) is 8.50. The Morgan fingerprint density at radius 2 is 1.65 bits per heavy atom. The average molecular weight is 615 g/mol. The molecule has 7 nitrogen and oxygen atoms in total. The first-order chi connectivity index (χ1) is 20.7. The molecule has 0 unspecified atom stereocenters. The average Bonchev–Trinajstić information content (AvgIpc) is 3.38. The van der Waals surface area contributed by atoms with Crippen molar-refractivity contribution in [1.82, 2.24) is 24.3 Å². The zero-order valence-corrected chi connectivity index (χ0v) is 26.0. The van der Waals surface area contributed by atoms with E-state index in [0.717, 1.165) is 54.9 Å². The third-order valence-corrected chi connectivity index (χ3v) is 8.65. The van der Waals surface area contributed by atoms with Gasteiger partial charge in [0.1, 0.15) is 11.3 Å². The molecule has 0 amide bonds. The zero-order chi connectivity index (χ0) is 30.1. The molecule has 0 N–H and O–H groups in total. The van der Waals surface area contributed by atoms with Crippen molar-refractivity contribution >= 4 is 40.0 Å². The van der Waals surface area contributed by atoms with Crippen LogP contribution in [0.25, 0.3) is 22.4 Å². The highest BCUT2D eigenvalue weighted by molar-refractivity contribution is 6.31. The Labute approximate surface area is 261 Å². The minimum absolute atomic E-state index is 0.00480. The summed E-state index contributed by atoms with van der Waals surface area (Å²) in [5.74, 6) is 1.48. The minimum Gasteiger partial charge on any atom is -0.437 e. The van der Waals surface area contributed by atoms with Gasteiger partial charge in [0, 0.05) is 73.6 Å². The second kappa shape index (κ2) is 12.5. The standard InChI is InChI=1S/C34H33Cl2N5O2/c1-22-18-24(4-5-25(22)21-41-16-14-39(2)15-17-41)31(42)20-26-19-28(10-11-29(26)36)43-34-32-30(12-13-40(32)3)37-33(38-34)23-6-8-27(35)9-7-23/h4-13,18-19H,14-17,20-21H2,1-3H3. The van der Waals surface area contributed by atoms with Gasteiger partial charge in [-0.2, -0.15) is 4.98 Å². The molecule has 43 heavy (non-hydrogen) atoms. The molecule has 0 saturated carbocycles. The molecule has 220 valence electrons. The molecule has 1 aliphatic rings. The monoisotopic (exact) mass is 613 g/mol. The van der Waals surface area contributed by atoms with Crippen molar-refractivity contribution in [1.29, 1.82) is 0 Å². The third-order valence-electron chi connectivity index (χ3n) is 8.03. The number of nitrogens with zero attached hydrogens (tertiary/aromatic N) is 5. The van der Waals surface area contributed by atoms with Crippen LogP contribution < -0.4 is 4.74 Å². The number of aromatic nitrogens is 3. The molecule has 3 heterocycles. The predicted octanol–water partition coefficient (Wildman–Crippen LogP) is 7.22. The van der Waals surface area contributed by atoms with Gasteiger partial charge in [-0.3, -0.25) is 9.69 Å². The number of ether oxygens (including phenoxy) is 1. The van der Waals surface area contributed by atoms with Crippen molar-refractivity contribution in [3.8, 4) is 23.0 Å². The van der Waals surface area contributed by atoms with Crippen molar-refractivity contribution in [2.24, 2.45) is 7.05 Å². The number of hydrogen-bond donors (Lipinski definition) is 0. The van der Waals surface area contributed by atoms with E-state index in [1.165, 1.54) is 5.56 Å². The van der Waals surface area contributed by atoms with E-state index >= 15 is 0 Å². The molecule has 1 aliphatic heterocycles. The van der Waals surface area contributed by atoms with Gasteiger partial charge >= 0.3 is 0 Å². The summed E-state index contributed by atoms with van der Waals surface area (Å²) in [6.45, 7) is 7.25. The molecule has 1 saturated heterocycles.